The monoisotopic (exact) mass is 346 g/mol. The van der Waals surface area contributed by atoms with E-state index in [1.54, 1.807) is 0 Å². The fraction of sp³-hybridized carbons (Fsp3) is 0.273. The Morgan fingerprint density at radius 2 is 1.87 bits per heavy atom. The molecule has 0 saturated carbocycles. The molecule has 0 unspecified atom stereocenters. The van der Waals surface area contributed by atoms with E-state index in [1.807, 2.05) is 5.32 Å². The topological polar surface area (TPSA) is 119 Å². The van der Waals surface area contributed by atoms with Crippen LogP contribution >= 0.6 is 0 Å². The predicted molar refractivity (Wildman–Crippen MR) is 75.3 cm³/mol. The molecule has 1 amide bonds. The van der Waals surface area contributed by atoms with Gasteiger partial charge in [-0.25, -0.2) is 13.1 Å². The second kappa shape index (κ2) is 5.87. The summed E-state index contributed by atoms with van der Waals surface area (Å²) in [6.07, 6.45) is 0. The van der Waals surface area contributed by atoms with Crippen molar-refractivity contribution in [3.8, 4) is 0 Å². The minimum absolute atomic E-state index is 0.0353. The van der Waals surface area contributed by atoms with E-state index in [1.165, 1.54) is 19.2 Å². The number of alkyl halides is 2. The summed E-state index contributed by atoms with van der Waals surface area (Å²) in [7, 11) is -2.50. The van der Waals surface area contributed by atoms with Crippen LogP contribution in [0.1, 0.15) is 6.92 Å². The van der Waals surface area contributed by atoms with Gasteiger partial charge in [-0.15, -0.1) is 5.10 Å². The maximum Gasteiger partial charge on any atom is 0.322 e. The highest BCUT2D eigenvalue weighted by Gasteiger charge is 2.32. The van der Waals surface area contributed by atoms with E-state index in [4.69, 9.17) is 0 Å². The van der Waals surface area contributed by atoms with E-state index in [0.29, 0.717) is 6.92 Å². The Labute approximate surface area is 129 Å². The molecule has 2 aromatic rings. The SMILES string of the molecule is Cn1nnc(NS(=O)(=O)c2ccc(NC(=O)C(C)(F)F)cc2)n1. The largest absolute Gasteiger partial charge is 0.322 e. The summed E-state index contributed by atoms with van der Waals surface area (Å²) in [5.74, 6) is -5.24. The lowest BCUT2D eigenvalue weighted by molar-refractivity contribution is -0.137. The van der Waals surface area contributed by atoms with Crippen molar-refractivity contribution in [2.24, 2.45) is 7.05 Å². The van der Waals surface area contributed by atoms with E-state index in [-0.39, 0.29) is 16.5 Å². The van der Waals surface area contributed by atoms with Crippen LogP contribution in [-0.2, 0) is 21.9 Å². The number of halogens is 2. The van der Waals surface area contributed by atoms with Crippen molar-refractivity contribution in [2.45, 2.75) is 17.7 Å². The molecule has 0 aliphatic heterocycles. The van der Waals surface area contributed by atoms with Crippen molar-refractivity contribution >= 4 is 27.6 Å². The van der Waals surface area contributed by atoms with Crippen LogP contribution in [0, 0.1) is 0 Å². The molecule has 0 bridgehead atoms. The molecule has 0 saturated heterocycles. The van der Waals surface area contributed by atoms with Crippen LogP contribution in [-0.4, -0.2) is 40.5 Å². The quantitative estimate of drug-likeness (QED) is 0.818. The van der Waals surface area contributed by atoms with E-state index < -0.39 is 21.9 Å². The van der Waals surface area contributed by atoms with Crippen molar-refractivity contribution in [2.75, 3.05) is 10.0 Å². The smallest absolute Gasteiger partial charge is 0.321 e. The minimum Gasteiger partial charge on any atom is -0.321 e. The van der Waals surface area contributed by atoms with Crippen LogP contribution < -0.4 is 10.0 Å². The van der Waals surface area contributed by atoms with Gasteiger partial charge in [0.05, 0.1) is 11.9 Å². The molecule has 1 aromatic heterocycles. The third-order valence-corrected chi connectivity index (χ3v) is 3.90. The number of carbonyl (C=O) groups is 1. The van der Waals surface area contributed by atoms with Gasteiger partial charge in [-0.3, -0.25) is 4.79 Å². The number of sulfonamides is 1. The first-order chi connectivity index (χ1) is 10.6. The predicted octanol–water partition coefficient (Wildman–Crippen LogP) is 0.605. The molecule has 1 aromatic carbocycles. The summed E-state index contributed by atoms with van der Waals surface area (Å²) < 4.78 is 51.8. The van der Waals surface area contributed by atoms with E-state index in [0.717, 1.165) is 16.9 Å². The van der Waals surface area contributed by atoms with Crippen LogP contribution in [0.25, 0.3) is 0 Å². The number of nitrogens with zero attached hydrogens (tertiary/aromatic N) is 4. The highest BCUT2D eigenvalue weighted by molar-refractivity contribution is 7.92. The number of tetrazole rings is 1. The Balaban J connectivity index is 2.14. The zero-order valence-electron chi connectivity index (χ0n) is 12.0. The first kappa shape index (κ1) is 16.7. The highest BCUT2D eigenvalue weighted by atomic mass is 32.2. The Kier molecular flexibility index (Phi) is 4.27. The van der Waals surface area contributed by atoms with Gasteiger partial charge in [0.15, 0.2) is 0 Å². The lowest BCUT2D eigenvalue weighted by Gasteiger charge is -2.11. The fourth-order valence-corrected chi connectivity index (χ4v) is 2.40. The standard InChI is InChI=1S/C11H12F2N6O3S/c1-11(12,13)9(20)14-7-3-5-8(6-4-7)23(21,22)17-10-15-18-19(2)16-10/h3-6H,1-2H3,(H,14,20)(H,16,17). The van der Waals surface area contributed by atoms with Gasteiger partial charge < -0.3 is 5.32 Å². The van der Waals surface area contributed by atoms with Crippen molar-refractivity contribution in [1.29, 1.82) is 0 Å². The summed E-state index contributed by atoms with van der Waals surface area (Å²) in [5, 5.41) is 12.6. The second-order valence-electron chi connectivity index (χ2n) is 4.57. The molecule has 0 aliphatic carbocycles. The van der Waals surface area contributed by atoms with Gasteiger partial charge in [-0.05, 0) is 29.5 Å². The van der Waals surface area contributed by atoms with Gasteiger partial charge in [0, 0.05) is 12.6 Å². The van der Waals surface area contributed by atoms with E-state index >= 15 is 0 Å². The average Bonchev–Trinajstić information content (AvgIpc) is 2.83. The number of aromatic nitrogens is 4. The van der Waals surface area contributed by atoms with Crippen molar-refractivity contribution < 1.29 is 22.0 Å². The van der Waals surface area contributed by atoms with E-state index in [9.17, 15) is 22.0 Å². The molecule has 2 N–H and O–H groups in total. The molecule has 12 heteroatoms. The number of nitrogens with one attached hydrogen (secondary N) is 2. The van der Waals surface area contributed by atoms with Gasteiger partial charge in [0.25, 0.3) is 21.9 Å². The number of rotatable bonds is 5. The average molecular weight is 346 g/mol. The minimum atomic E-state index is -3.96. The number of amides is 1. The Bertz CT molecular complexity index is 813. The molecule has 0 aliphatic rings. The van der Waals surface area contributed by atoms with Gasteiger partial charge in [-0.2, -0.15) is 13.6 Å². The molecule has 0 radical (unpaired) electrons. The third-order valence-electron chi connectivity index (χ3n) is 2.56. The van der Waals surface area contributed by atoms with Crippen LogP contribution in [0.15, 0.2) is 29.2 Å². The molecule has 9 nitrogen and oxygen atoms in total. The van der Waals surface area contributed by atoms with Crippen molar-refractivity contribution in [1.82, 2.24) is 20.2 Å². The first-order valence-electron chi connectivity index (χ1n) is 6.14. The molecule has 1 heterocycles. The zero-order chi connectivity index (χ0) is 17.3. The van der Waals surface area contributed by atoms with Gasteiger partial charge in [-0.1, -0.05) is 5.10 Å². The molecule has 124 valence electrons. The fourth-order valence-electron chi connectivity index (χ4n) is 1.46. The third kappa shape index (κ3) is 4.18. The lowest BCUT2D eigenvalue weighted by atomic mass is 10.3. The van der Waals surface area contributed by atoms with Crippen molar-refractivity contribution in [3.63, 3.8) is 0 Å². The molecular formula is C11H12F2N6O3S. The number of aryl methyl sites for hydroxylation is 1. The number of carbonyl (C=O) groups excluding carboxylic acids is 1. The molecule has 2 rings (SSSR count). The van der Waals surface area contributed by atoms with E-state index in [2.05, 4.69) is 20.1 Å². The molecule has 23 heavy (non-hydrogen) atoms. The molecular weight excluding hydrogens is 334 g/mol. The summed E-state index contributed by atoms with van der Waals surface area (Å²) >= 11 is 0. The summed E-state index contributed by atoms with van der Waals surface area (Å²) in [5.41, 5.74) is 0.0353. The molecule has 0 atom stereocenters. The summed E-state index contributed by atoms with van der Waals surface area (Å²) in [6.45, 7) is 0.457. The number of benzene rings is 1. The van der Waals surface area contributed by atoms with Gasteiger partial charge in [0.1, 0.15) is 0 Å². The number of anilines is 2. The molecule has 0 fully saturated rings. The van der Waals surface area contributed by atoms with Crippen LogP contribution in [0.2, 0.25) is 0 Å². The number of hydrogen-bond donors (Lipinski definition) is 2. The Morgan fingerprint density at radius 3 is 2.35 bits per heavy atom. The van der Waals surface area contributed by atoms with Crippen LogP contribution in [0.3, 0.4) is 0 Å². The summed E-state index contributed by atoms with van der Waals surface area (Å²) in [6, 6.07) is 4.65. The van der Waals surface area contributed by atoms with Crippen LogP contribution in [0.5, 0.6) is 0 Å². The maximum atomic E-state index is 12.8. The highest BCUT2D eigenvalue weighted by Crippen LogP contribution is 2.19. The van der Waals surface area contributed by atoms with Gasteiger partial charge in [0.2, 0.25) is 0 Å². The number of hydrogen-bond acceptors (Lipinski definition) is 6. The lowest BCUT2D eigenvalue weighted by Crippen LogP contribution is -2.31. The second-order valence-corrected chi connectivity index (χ2v) is 6.26. The Hall–Kier alpha value is -2.63. The first-order valence-corrected chi connectivity index (χ1v) is 7.62. The summed E-state index contributed by atoms with van der Waals surface area (Å²) in [4.78, 5) is 12.1. The van der Waals surface area contributed by atoms with Gasteiger partial charge >= 0.3 is 5.92 Å². The maximum absolute atomic E-state index is 12.8. The van der Waals surface area contributed by atoms with Crippen molar-refractivity contribution in [3.05, 3.63) is 24.3 Å². The Morgan fingerprint density at radius 1 is 1.26 bits per heavy atom. The normalized spacial score (nSPS) is 12.0. The zero-order valence-corrected chi connectivity index (χ0v) is 12.8. The van der Waals surface area contributed by atoms with Crippen LogP contribution in [0.4, 0.5) is 20.4 Å². The molecule has 0 spiro atoms.